The third-order valence-corrected chi connectivity index (χ3v) is 6.25. The molecule has 2 fully saturated rings. The van der Waals surface area contributed by atoms with E-state index in [1.54, 1.807) is 0 Å². The lowest BCUT2D eigenvalue weighted by Gasteiger charge is -2.40. The lowest BCUT2D eigenvalue weighted by Crippen LogP contribution is -2.39. The lowest BCUT2D eigenvalue weighted by atomic mass is 9.67. The molecule has 0 heterocycles. The predicted molar refractivity (Wildman–Crippen MR) is 88.9 cm³/mol. The molecule has 2 saturated carbocycles. The molecule has 0 aromatic rings. The molecule has 2 aliphatic rings. The first kappa shape index (κ1) is 16.3. The summed E-state index contributed by atoms with van der Waals surface area (Å²) >= 11 is 0. The van der Waals surface area contributed by atoms with Gasteiger partial charge in [0.15, 0.2) is 0 Å². The summed E-state index contributed by atoms with van der Waals surface area (Å²) in [5, 5.41) is 3.67. The Hall–Kier alpha value is -0.0400. The molecule has 1 unspecified atom stereocenters. The summed E-state index contributed by atoms with van der Waals surface area (Å²) in [6.07, 6.45) is 14.7. The summed E-state index contributed by atoms with van der Waals surface area (Å²) in [4.78, 5) is 0. The molecule has 0 aliphatic heterocycles. The summed E-state index contributed by atoms with van der Waals surface area (Å²) in [5.41, 5.74) is 0.517. The van der Waals surface area contributed by atoms with Crippen molar-refractivity contribution >= 4 is 0 Å². The van der Waals surface area contributed by atoms with Crippen molar-refractivity contribution in [1.29, 1.82) is 0 Å². The minimum absolute atomic E-state index is 0.517. The first-order valence-electron chi connectivity index (χ1n) is 9.18. The minimum atomic E-state index is 0.517. The molecule has 0 spiro atoms. The van der Waals surface area contributed by atoms with E-state index in [0.717, 1.165) is 23.8 Å². The Morgan fingerprint density at radius 1 is 0.900 bits per heavy atom. The van der Waals surface area contributed by atoms with Gasteiger partial charge in [0.25, 0.3) is 0 Å². The monoisotopic (exact) mass is 279 g/mol. The largest absolute Gasteiger partial charge is 0.317 e. The Labute approximate surface area is 127 Å². The average molecular weight is 280 g/mol. The second-order valence-corrected chi connectivity index (χ2v) is 8.61. The van der Waals surface area contributed by atoms with Gasteiger partial charge >= 0.3 is 0 Å². The normalized spacial score (nSPS) is 31.2. The van der Waals surface area contributed by atoms with Crippen molar-refractivity contribution in [1.82, 2.24) is 5.32 Å². The van der Waals surface area contributed by atoms with Gasteiger partial charge in [-0.25, -0.2) is 0 Å². The van der Waals surface area contributed by atoms with Crippen LogP contribution in [0.15, 0.2) is 0 Å². The van der Waals surface area contributed by atoms with Crippen LogP contribution < -0.4 is 5.32 Å². The zero-order chi connectivity index (χ0) is 14.6. The number of hydrogen-bond acceptors (Lipinski definition) is 1. The summed E-state index contributed by atoms with van der Waals surface area (Å²) < 4.78 is 0. The number of nitrogens with one attached hydrogen (secondary N) is 1. The Morgan fingerprint density at radius 3 is 2.00 bits per heavy atom. The summed E-state index contributed by atoms with van der Waals surface area (Å²) in [6.45, 7) is 7.28. The standard InChI is InChI=1S/C19H37N/c1-19(2,3)17-12-10-16(11-13-17)18(20-4)14-15-8-6-5-7-9-15/h15-18,20H,5-14H2,1-4H3. The highest BCUT2D eigenvalue weighted by molar-refractivity contribution is 4.86. The van der Waals surface area contributed by atoms with Crippen LogP contribution in [0.3, 0.4) is 0 Å². The van der Waals surface area contributed by atoms with Gasteiger partial charge in [-0.2, -0.15) is 0 Å². The zero-order valence-corrected chi connectivity index (χ0v) is 14.4. The van der Waals surface area contributed by atoms with Crippen molar-refractivity contribution < 1.29 is 0 Å². The molecular formula is C19H37N. The van der Waals surface area contributed by atoms with Gasteiger partial charge in [0.05, 0.1) is 0 Å². The van der Waals surface area contributed by atoms with E-state index in [1.807, 2.05) is 0 Å². The molecule has 118 valence electrons. The quantitative estimate of drug-likeness (QED) is 0.727. The molecule has 0 bridgehead atoms. The van der Waals surface area contributed by atoms with E-state index >= 15 is 0 Å². The van der Waals surface area contributed by atoms with Crippen LogP contribution in [0.5, 0.6) is 0 Å². The predicted octanol–water partition coefficient (Wildman–Crippen LogP) is 5.40. The topological polar surface area (TPSA) is 12.0 Å². The van der Waals surface area contributed by atoms with Crippen LogP contribution in [0.4, 0.5) is 0 Å². The lowest BCUT2D eigenvalue weighted by molar-refractivity contribution is 0.125. The van der Waals surface area contributed by atoms with Gasteiger partial charge in [-0.15, -0.1) is 0 Å². The second-order valence-electron chi connectivity index (χ2n) is 8.61. The Bertz CT molecular complexity index is 264. The zero-order valence-electron chi connectivity index (χ0n) is 14.4. The van der Waals surface area contributed by atoms with Crippen molar-refractivity contribution in [3.63, 3.8) is 0 Å². The maximum Gasteiger partial charge on any atom is 0.00949 e. The highest BCUT2D eigenvalue weighted by Gasteiger charge is 2.33. The molecule has 0 saturated heterocycles. The van der Waals surface area contributed by atoms with Crippen LogP contribution in [-0.4, -0.2) is 13.1 Å². The van der Waals surface area contributed by atoms with Crippen molar-refractivity contribution in [3.05, 3.63) is 0 Å². The van der Waals surface area contributed by atoms with E-state index < -0.39 is 0 Å². The summed E-state index contributed by atoms with van der Waals surface area (Å²) in [7, 11) is 2.20. The Kier molecular flexibility index (Phi) is 5.95. The van der Waals surface area contributed by atoms with E-state index in [0.29, 0.717) is 5.41 Å². The maximum atomic E-state index is 3.67. The SMILES string of the molecule is CNC(CC1CCCCC1)C1CCC(C(C)(C)C)CC1. The number of hydrogen-bond donors (Lipinski definition) is 1. The van der Waals surface area contributed by atoms with Crippen molar-refractivity contribution in [3.8, 4) is 0 Å². The van der Waals surface area contributed by atoms with E-state index in [1.165, 1.54) is 64.2 Å². The third-order valence-electron chi connectivity index (χ3n) is 6.25. The summed E-state index contributed by atoms with van der Waals surface area (Å²) in [5.74, 6) is 2.91. The van der Waals surface area contributed by atoms with Crippen molar-refractivity contribution in [2.24, 2.45) is 23.2 Å². The molecular weight excluding hydrogens is 242 g/mol. The highest BCUT2D eigenvalue weighted by atomic mass is 14.9. The van der Waals surface area contributed by atoms with Gasteiger partial charge in [0, 0.05) is 6.04 Å². The van der Waals surface area contributed by atoms with Gasteiger partial charge in [-0.3, -0.25) is 0 Å². The fourth-order valence-corrected chi connectivity index (χ4v) is 4.72. The fraction of sp³-hybridized carbons (Fsp3) is 1.00. The molecule has 2 rings (SSSR count). The van der Waals surface area contributed by atoms with Crippen molar-refractivity contribution in [2.75, 3.05) is 7.05 Å². The number of rotatable bonds is 4. The Balaban J connectivity index is 1.80. The van der Waals surface area contributed by atoms with Gasteiger partial charge in [-0.05, 0) is 62.3 Å². The molecule has 0 aromatic heterocycles. The molecule has 1 heteroatoms. The van der Waals surface area contributed by atoms with Gasteiger partial charge in [0.1, 0.15) is 0 Å². The minimum Gasteiger partial charge on any atom is -0.317 e. The molecule has 0 amide bonds. The molecule has 20 heavy (non-hydrogen) atoms. The fourth-order valence-electron chi connectivity index (χ4n) is 4.72. The molecule has 2 aliphatic carbocycles. The van der Waals surface area contributed by atoms with E-state index in [2.05, 4.69) is 33.1 Å². The van der Waals surface area contributed by atoms with Crippen LogP contribution in [-0.2, 0) is 0 Å². The highest BCUT2D eigenvalue weighted by Crippen LogP contribution is 2.42. The summed E-state index contributed by atoms with van der Waals surface area (Å²) in [6, 6.07) is 0.791. The van der Waals surface area contributed by atoms with Crippen LogP contribution >= 0.6 is 0 Å². The first-order chi connectivity index (χ1) is 9.50. The Morgan fingerprint density at radius 2 is 1.50 bits per heavy atom. The smallest absolute Gasteiger partial charge is 0.00949 e. The van der Waals surface area contributed by atoms with E-state index in [4.69, 9.17) is 0 Å². The maximum absolute atomic E-state index is 3.67. The molecule has 0 radical (unpaired) electrons. The van der Waals surface area contributed by atoms with Crippen LogP contribution in [0.2, 0.25) is 0 Å². The average Bonchev–Trinajstić information content (AvgIpc) is 2.45. The van der Waals surface area contributed by atoms with Gasteiger partial charge in [-0.1, -0.05) is 52.9 Å². The van der Waals surface area contributed by atoms with Crippen LogP contribution in [0.1, 0.15) is 85.0 Å². The van der Waals surface area contributed by atoms with E-state index in [-0.39, 0.29) is 0 Å². The second kappa shape index (κ2) is 7.29. The van der Waals surface area contributed by atoms with Crippen LogP contribution in [0, 0.1) is 23.2 Å². The molecule has 1 atom stereocenters. The molecule has 1 N–H and O–H groups in total. The third kappa shape index (κ3) is 4.48. The molecule has 1 nitrogen and oxygen atoms in total. The van der Waals surface area contributed by atoms with Gasteiger partial charge < -0.3 is 5.32 Å². The molecule has 0 aromatic carbocycles. The first-order valence-corrected chi connectivity index (χ1v) is 9.18. The van der Waals surface area contributed by atoms with Crippen molar-refractivity contribution in [2.45, 2.75) is 91.0 Å². The van der Waals surface area contributed by atoms with Crippen LogP contribution in [0.25, 0.3) is 0 Å². The van der Waals surface area contributed by atoms with E-state index in [9.17, 15) is 0 Å². The van der Waals surface area contributed by atoms with Gasteiger partial charge in [0.2, 0.25) is 0 Å².